The first-order valence-electron chi connectivity index (χ1n) is 5.96. The van der Waals surface area contributed by atoms with Crippen LogP contribution in [0.5, 0.6) is 0 Å². The number of aromatic nitrogens is 2. The molecule has 3 rings (SSSR count). The van der Waals surface area contributed by atoms with Crippen molar-refractivity contribution >= 4 is 16.9 Å². The zero-order valence-corrected chi connectivity index (χ0v) is 9.76. The second-order valence-corrected chi connectivity index (χ2v) is 4.45. The van der Waals surface area contributed by atoms with Crippen LogP contribution in [-0.4, -0.2) is 23.1 Å². The molecule has 3 heteroatoms. The first-order chi connectivity index (χ1) is 8.33. The van der Waals surface area contributed by atoms with Gasteiger partial charge in [0, 0.05) is 13.1 Å². The molecular weight excluding hydrogens is 210 g/mol. The number of nitrogens with zero attached hydrogens (tertiary/aromatic N) is 3. The molecule has 1 aliphatic rings. The van der Waals surface area contributed by atoms with Gasteiger partial charge in [-0.2, -0.15) is 0 Å². The lowest BCUT2D eigenvalue weighted by Gasteiger charge is -2.28. The Morgan fingerprint density at radius 1 is 1.06 bits per heavy atom. The van der Waals surface area contributed by atoms with Crippen LogP contribution in [-0.2, 0) is 0 Å². The first kappa shape index (κ1) is 10.3. The number of piperidine rings is 1. The molecule has 1 fully saturated rings. The van der Waals surface area contributed by atoms with Crippen LogP contribution in [0.3, 0.4) is 0 Å². The molecule has 0 radical (unpaired) electrons. The lowest BCUT2D eigenvalue weighted by molar-refractivity contribution is 0.679. The van der Waals surface area contributed by atoms with Crippen LogP contribution in [0.4, 0.5) is 5.82 Å². The Kier molecular flexibility index (Phi) is 2.52. The maximum atomic E-state index is 4.66. The maximum Gasteiger partial charge on any atom is 0.147 e. The molecule has 2 aromatic rings. The van der Waals surface area contributed by atoms with Crippen molar-refractivity contribution in [3.63, 3.8) is 0 Å². The number of hydrogen-bond acceptors (Lipinski definition) is 3. The Bertz CT molecular complexity index is 552. The zero-order valence-electron chi connectivity index (χ0n) is 9.76. The molecule has 0 unspecified atom stereocenters. The van der Waals surface area contributed by atoms with Crippen molar-refractivity contribution in [2.45, 2.75) is 12.8 Å². The van der Waals surface area contributed by atoms with Gasteiger partial charge < -0.3 is 4.90 Å². The van der Waals surface area contributed by atoms with Crippen molar-refractivity contribution in [3.05, 3.63) is 42.6 Å². The van der Waals surface area contributed by atoms with Gasteiger partial charge in [0.15, 0.2) is 0 Å². The third kappa shape index (κ3) is 2.00. The van der Waals surface area contributed by atoms with E-state index in [1.165, 1.54) is 5.57 Å². The highest BCUT2D eigenvalue weighted by atomic mass is 15.2. The van der Waals surface area contributed by atoms with E-state index < -0.39 is 0 Å². The van der Waals surface area contributed by atoms with Crippen molar-refractivity contribution in [2.24, 2.45) is 0 Å². The molecule has 0 amide bonds. The molecule has 17 heavy (non-hydrogen) atoms. The van der Waals surface area contributed by atoms with Gasteiger partial charge in [0.05, 0.1) is 17.2 Å². The van der Waals surface area contributed by atoms with Crippen LogP contribution in [0.1, 0.15) is 12.8 Å². The number of hydrogen-bond donors (Lipinski definition) is 0. The third-order valence-electron chi connectivity index (χ3n) is 3.23. The van der Waals surface area contributed by atoms with E-state index in [2.05, 4.69) is 21.4 Å². The van der Waals surface area contributed by atoms with E-state index in [0.29, 0.717) is 0 Å². The minimum Gasteiger partial charge on any atom is -0.355 e. The van der Waals surface area contributed by atoms with Gasteiger partial charge in [0.25, 0.3) is 0 Å². The highest BCUT2D eigenvalue weighted by molar-refractivity contribution is 5.75. The Hall–Kier alpha value is -1.90. The van der Waals surface area contributed by atoms with Crippen LogP contribution in [0.15, 0.2) is 42.6 Å². The highest BCUT2D eigenvalue weighted by Crippen LogP contribution is 2.21. The van der Waals surface area contributed by atoms with Gasteiger partial charge in [0.1, 0.15) is 5.82 Å². The molecule has 3 nitrogen and oxygen atoms in total. The van der Waals surface area contributed by atoms with E-state index in [1.807, 2.05) is 30.5 Å². The number of fused-ring (bicyclic) bond motifs is 1. The smallest absolute Gasteiger partial charge is 0.147 e. The SMILES string of the molecule is C=C1CCN(c2cnc3ccccc3n2)CC1. The second-order valence-electron chi connectivity index (χ2n) is 4.45. The summed E-state index contributed by atoms with van der Waals surface area (Å²) in [5.41, 5.74) is 3.27. The van der Waals surface area contributed by atoms with E-state index in [4.69, 9.17) is 0 Å². The normalized spacial score (nSPS) is 16.5. The molecule has 0 N–H and O–H groups in total. The lowest BCUT2D eigenvalue weighted by atomic mass is 10.1. The van der Waals surface area contributed by atoms with Gasteiger partial charge in [-0.25, -0.2) is 4.98 Å². The van der Waals surface area contributed by atoms with Crippen molar-refractivity contribution in [3.8, 4) is 0 Å². The number of para-hydroxylation sites is 2. The van der Waals surface area contributed by atoms with Crippen LogP contribution in [0, 0.1) is 0 Å². The van der Waals surface area contributed by atoms with E-state index in [0.717, 1.165) is 42.8 Å². The Balaban J connectivity index is 1.92. The average Bonchev–Trinajstić information content (AvgIpc) is 2.39. The molecule has 1 aromatic heterocycles. The van der Waals surface area contributed by atoms with Crippen LogP contribution < -0.4 is 4.90 Å². The summed E-state index contributed by atoms with van der Waals surface area (Å²) in [5, 5.41) is 0. The van der Waals surface area contributed by atoms with Crippen molar-refractivity contribution in [2.75, 3.05) is 18.0 Å². The molecule has 1 aliphatic heterocycles. The summed E-state index contributed by atoms with van der Waals surface area (Å²) in [5.74, 6) is 0.983. The number of rotatable bonds is 1. The molecule has 86 valence electrons. The van der Waals surface area contributed by atoms with E-state index in [9.17, 15) is 0 Å². The average molecular weight is 225 g/mol. The summed E-state index contributed by atoms with van der Waals surface area (Å²) in [6.45, 7) is 6.04. The molecule has 1 saturated heterocycles. The molecule has 0 bridgehead atoms. The highest BCUT2D eigenvalue weighted by Gasteiger charge is 2.14. The second kappa shape index (κ2) is 4.17. The summed E-state index contributed by atoms with van der Waals surface area (Å²) in [6.07, 6.45) is 4.00. The molecule has 0 saturated carbocycles. The van der Waals surface area contributed by atoms with Crippen LogP contribution in [0.2, 0.25) is 0 Å². The minimum absolute atomic E-state index is 0.956. The fourth-order valence-corrected chi connectivity index (χ4v) is 2.15. The van der Waals surface area contributed by atoms with E-state index in [-0.39, 0.29) is 0 Å². The van der Waals surface area contributed by atoms with Crippen LogP contribution >= 0.6 is 0 Å². The van der Waals surface area contributed by atoms with Gasteiger partial charge in [0.2, 0.25) is 0 Å². The van der Waals surface area contributed by atoms with Crippen molar-refractivity contribution in [1.29, 1.82) is 0 Å². The van der Waals surface area contributed by atoms with Gasteiger partial charge in [-0.3, -0.25) is 4.98 Å². The molecule has 1 aromatic carbocycles. The first-order valence-corrected chi connectivity index (χ1v) is 5.96. The van der Waals surface area contributed by atoms with Gasteiger partial charge in [-0.1, -0.05) is 24.3 Å². The zero-order chi connectivity index (χ0) is 11.7. The molecule has 0 atom stereocenters. The van der Waals surface area contributed by atoms with Crippen LogP contribution in [0.25, 0.3) is 11.0 Å². The quantitative estimate of drug-likeness (QED) is 0.699. The minimum atomic E-state index is 0.956. The fraction of sp³-hybridized carbons (Fsp3) is 0.286. The Labute approximate surface area is 101 Å². The lowest BCUT2D eigenvalue weighted by Crippen LogP contribution is -2.31. The molecular formula is C14H15N3. The number of benzene rings is 1. The number of anilines is 1. The summed E-state index contributed by atoms with van der Waals surface area (Å²) in [6, 6.07) is 7.99. The fourth-order valence-electron chi connectivity index (χ4n) is 2.15. The Morgan fingerprint density at radius 3 is 2.53 bits per heavy atom. The monoisotopic (exact) mass is 225 g/mol. The van der Waals surface area contributed by atoms with Crippen molar-refractivity contribution < 1.29 is 0 Å². The summed E-state index contributed by atoms with van der Waals surface area (Å²) >= 11 is 0. The Morgan fingerprint density at radius 2 is 1.76 bits per heavy atom. The summed E-state index contributed by atoms with van der Waals surface area (Å²) in [4.78, 5) is 11.4. The largest absolute Gasteiger partial charge is 0.355 e. The summed E-state index contributed by atoms with van der Waals surface area (Å²) < 4.78 is 0. The molecule has 0 aliphatic carbocycles. The van der Waals surface area contributed by atoms with Gasteiger partial charge in [-0.05, 0) is 25.0 Å². The third-order valence-corrected chi connectivity index (χ3v) is 3.23. The van der Waals surface area contributed by atoms with Crippen molar-refractivity contribution in [1.82, 2.24) is 9.97 Å². The van der Waals surface area contributed by atoms with E-state index >= 15 is 0 Å². The predicted molar refractivity (Wildman–Crippen MR) is 70.1 cm³/mol. The molecule has 2 heterocycles. The standard InChI is InChI=1S/C14H15N3/c1-11-6-8-17(9-7-11)14-10-15-12-4-2-3-5-13(12)16-14/h2-5,10H,1,6-9H2. The predicted octanol–water partition coefficient (Wildman–Crippen LogP) is 2.79. The topological polar surface area (TPSA) is 29.0 Å². The maximum absolute atomic E-state index is 4.66. The van der Waals surface area contributed by atoms with E-state index in [1.54, 1.807) is 0 Å². The summed E-state index contributed by atoms with van der Waals surface area (Å²) in [7, 11) is 0. The van der Waals surface area contributed by atoms with Gasteiger partial charge >= 0.3 is 0 Å². The molecule has 0 spiro atoms. The van der Waals surface area contributed by atoms with Gasteiger partial charge in [-0.15, -0.1) is 0 Å².